The van der Waals surface area contributed by atoms with E-state index in [1.807, 2.05) is 7.05 Å². The lowest BCUT2D eigenvalue weighted by molar-refractivity contribution is -0.0266. The number of likely N-dealkylation sites (tertiary alicyclic amines) is 1. The third-order valence-corrected chi connectivity index (χ3v) is 5.73. The Kier molecular flexibility index (Phi) is 7.53. The molecule has 2 fully saturated rings. The Bertz CT molecular complexity index is 602. The van der Waals surface area contributed by atoms with Crippen LogP contribution < -0.4 is 5.32 Å². The van der Waals surface area contributed by atoms with Gasteiger partial charge in [-0.25, -0.2) is 0 Å². The first-order chi connectivity index (χ1) is 13.2. The average molecular weight is 374 g/mol. The van der Waals surface area contributed by atoms with Crippen LogP contribution in [0.2, 0.25) is 0 Å². The summed E-state index contributed by atoms with van der Waals surface area (Å²) < 4.78 is 11.8. The summed E-state index contributed by atoms with van der Waals surface area (Å²) in [5, 5.41) is 3.62. The van der Waals surface area contributed by atoms with Crippen LogP contribution in [0, 0.1) is 18.8 Å². The van der Waals surface area contributed by atoms with Crippen molar-refractivity contribution in [3.8, 4) is 0 Å². The molecule has 2 aliphatic heterocycles. The van der Waals surface area contributed by atoms with Crippen molar-refractivity contribution < 1.29 is 9.47 Å². The van der Waals surface area contributed by atoms with Crippen LogP contribution in [0.3, 0.4) is 0 Å². The molecule has 1 N–H and O–H groups in total. The second-order valence-electron chi connectivity index (χ2n) is 7.79. The van der Waals surface area contributed by atoms with Crippen molar-refractivity contribution in [2.75, 3.05) is 46.5 Å². The monoisotopic (exact) mass is 373 g/mol. The zero-order chi connectivity index (χ0) is 19.1. The van der Waals surface area contributed by atoms with Crippen molar-refractivity contribution in [1.29, 1.82) is 0 Å². The van der Waals surface area contributed by atoms with E-state index in [1.54, 1.807) is 0 Å². The predicted octanol–water partition coefficient (Wildman–Crippen LogP) is 3.40. The van der Waals surface area contributed by atoms with Gasteiger partial charge < -0.3 is 19.7 Å². The molecule has 5 heteroatoms. The largest absolute Gasteiger partial charge is 0.381 e. The number of benzene rings is 1. The number of nitrogens with one attached hydrogen (secondary N) is 1. The fourth-order valence-corrected chi connectivity index (χ4v) is 4.18. The fourth-order valence-electron chi connectivity index (χ4n) is 4.18. The molecular weight excluding hydrogens is 338 g/mol. The van der Waals surface area contributed by atoms with E-state index in [1.165, 1.54) is 24.0 Å². The van der Waals surface area contributed by atoms with Crippen molar-refractivity contribution in [3.63, 3.8) is 0 Å². The quantitative estimate of drug-likeness (QED) is 0.613. The fraction of sp³-hybridized carbons (Fsp3) is 0.682. The zero-order valence-corrected chi connectivity index (χ0v) is 17.1. The number of aliphatic imine (C=N–C) groups is 1. The van der Waals surface area contributed by atoms with E-state index in [0.717, 1.165) is 51.8 Å². The predicted molar refractivity (Wildman–Crippen MR) is 110 cm³/mol. The molecule has 1 aromatic rings. The molecule has 0 aliphatic carbocycles. The van der Waals surface area contributed by atoms with Crippen molar-refractivity contribution >= 4 is 5.96 Å². The normalized spacial score (nSPS) is 26.4. The smallest absolute Gasteiger partial charge is 0.193 e. The topological polar surface area (TPSA) is 46.1 Å². The lowest BCUT2D eigenvalue weighted by Crippen LogP contribution is -2.43. The van der Waals surface area contributed by atoms with Crippen molar-refractivity contribution in [3.05, 3.63) is 35.4 Å². The van der Waals surface area contributed by atoms with Gasteiger partial charge in [0.2, 0.25) is 0 Å². The SMILES string of the molecule is CCOCC1CCN(C(=NC)NCC2CCCOC2c2ccc(C)cc2)C1. The van der Waals surface area contributed by atoms with Gasteiger partial charge in [-0.2, -0.15) is 0 Å². The van der Waals surface area contributed by atoms with Crippen LogP contribution in [-0.4, -0.2) is 57.4 Å². The third-order valence-electron chi connectivity index (χ3n) is 5.73. The van der Waals surface area contributed by atoms with E-state index in [9.17, 15) is 0 Å². The second kappa shape index (κ2) is 10.1. The van der Waals surface area contributed by atoms with Gasteiger partial charge in [0.1, 0.15) is 0 Å². The number of hydrogen-bond donors (Lipinski definition) is 1. The molecule has 0 aromatic heterocycles. The summed E-state index contributed by atoms with van der Waals surface area (Å²) in [4.78, 5) is 6.90. The summed E-state index contributed by atoms with van der Waals surface area (Å²) in [5.41, 5.74) is 2.58. The van der Waals surface area contributed by atoms with Gasteiger partial charge in [-0.15, -0.1) is 0 Å². The molecule has 2 heterocycles. The highest BCUT2D eigenvalue weighted by Gasteiger charge is 2.29. The minimum atomic E-state index is 0.175. The minimum Gasteiger partial charge on any atom is -0.381 e. The van der Waals surface area contributed by atoms with E-state index in [-0.39, 0.29) is 6.10 Å². The van der Waals surface area contributed by atoms with E-state index in [0.29, 0.717) is 11.8 Å². The molecule has 150 valence electrons. The first-order valence-electron chi connectivity index (χ1n) is 10.4. The van der Waals surface area contributed by atoms with E-state index in [4.69, 9.17) is 9.47 Å². The molecule has 0 bridgehead atoms. The molecule has 1 aromatic carbocycles. The van der Waals surface area contributed by atoms with Gasteiger partial charge in [-0.05, 0) is 38.7 Å². The lowest BCUT2D eigenvalue weighted by Gasteiger charge is -2.33. The van der Waals surface area contributed by atoms with Crippen LogP contribution in [0.4, 0.5) is 0 Å². The maximum absolute atomic E-state index is 6.16. The number of nitrogens with zero attached hydrogens (tertiary/aromatic N) is 2. The van der Waals surface area contributed by atoms with Gasteiger partial charge in [-0.1, -0.05) is 29.8 Å². The highest BCUT2D eigenvalue weighted by atomic mass is 16.5. The van der Waals surface area contributed by atoms with Crippen molar-refractivity contribution in [1.82, 2.24) is 10.2 Å². The number of aryl methyl sites for hydroxylation is 1. The summed E-state index contributed by atoms with van der Waals surface area (Å²) in [5.74, 6) is 2.10. The van der Waals surface area contributed by atoms with Gasteiger partial charge in [-0.3, -0.25) is 4.99 Å². The molecule has 3 atom stereocenters. The zero-order valence-electron chi connectivity index (χ0n) is 17.1. The highest BCUT2D eigenvalue weighted by molar-refractivity contribution is 5.80. The maximum Gasteiger partial charge on any atom is 0.193 e. The van der Waals surface area contributed by atoms with Crippen LogP contribution in [0.15, 0.2) is 29.3 Å². The number of rotatable bonds is 6. The van der Waals surface area contributed by atoms with Crippen molar-refractivity contribution in [2.24, 2.45) is 16.8 Å². The summed E-state index contributed by atoms with van der Waals surface area (Å²) in [6.45, 7) is 9.68. The Morgan fingerprint density at radius 2 is 2.11 bits per heavy atom. The van der Waals surface area contributed by atoms with Crippen molar-refractivity contribution in [2.45, 2.75) is 39.2 Å². The average Bonchev–Trinajstić information content (AvgIpc) is 3.17. The maximum atomic E-state index is 6.16. The van der Waals surface area contributed by atoms with E-state index < -0.39 is 0 Å². The van der Waals surface area contributed by atoms with Gasteiger partial charge in [0.15, 0.2) is 5.96 Å². The number of ether oxygens (including phenoxy) is 2. The molecule has 0 radical (unpaired) electrons. The van der Waals surface area contributed by atoms with Crippen LogP contribution in [0.5, 0.6) is 0 Å². The van der Waals surface area contributed by atoms with E-state index in [2.05, 4.69) is 53.3 Å². The molecule has 27 heavy (non-hydrogen) atoms. The van der Waals surface area contributed by atoms with Crippen LogP contribution in [-0.2, 0) is 9.47 Å². The van der Waals surface area contributed by atoms with Gasteiger partial charge >= 0.3 is 0 Å². The number of guanidine groups is 1. The number of hydrogen-bond acceptors (Lipinski definition) is 3. The molecule has 0 saturated carbocycles. The van der Waals surface area contributed by atoms with Gasteiger partial charge in [0, 0.05) is 51.7 Å². The Morgan fingerprint density at radius 3 is 2.85 bits per heavy atom. The van der Waals surface area contributed by atoms with Crippen LogP contribution >= 0.6 is 0 Å². The molecule has 2 aliphatic rings. The second-order valence-corrected chi connectivity index (χ2v) is 7.79. The third kappa shape index (κ3) is 5.45. The molecule has 0 spiro atoms. The summed E-state index contributed by atoms with van der Waals surface area (Å²) in [6, 6.07) is 8.79. The van der Waals surface area contributed by atoms with Gasteiger partial charge in [0.05, 0.1) is 12.7 Å². The minimum absolute atomic E-state index is 0.175. The first kappa shape index (κ1) is 20.2. The Morgan fingerprint density at radius 1 is 1.30 bits per heavy atom. The molecule has 3 unspecified atom stereocenters. The molecular formula is C22H35N3O2. The lowest BCUT2D eigenvalue weighted by atomic mass is 9.89. The van der Waals surface area contributed by atoms with Crippen LogP contribution in [0.25, 0.3) is 0 Å². The summed E-state index contributed by atoms with van der Waals surface area (Å²) in [6.07, 6.45) is 3.68. The van der Waals surface area contributed by atoms with E-state index >= 15 is 0 Å². The standard InChI is InChI=1S/C22H35N3O2/c1-4-26-16-18-11-12-25(15-18)22(23-3)24-14-20-6-5-13-27-21(20)19-9-7-17(2)8-10-19/h7-10,18,20-21H,4-6,11-16H2,1-3H3,(H,23,24). The Hall–Kier alpha value is -1.59. The molecule has 2 saturated heterocycles. The molecule has 0 amide bonds. The van der Waals surface area contributed by atoms with Crippen LogP contribution in [0.1, 0.15) is 43.4 Å². The molecule has 5 nitrogen and oxygen atoms in total. The Balaban J connectivity index is 1.55. The Labute approximate surface area is 164 Å². The highest BCUT2D eigenvalue weighted by Crippen LogP contribution is 2.33. The van der Waals surface area contributed by atoms with Gasteiger partial charge in [0.25, 0.3) is 0 Å². The molecule has 3 rings (SSSR count). The summed E-state index contributed by atoms with van der Waals surface area (Å²) in [7, 11) is 1.88. The summed E-state index contributed by atoms with van der Waals surface area (Å²) >= 11 is 0. The first-order valence-corrected chi connectivity index (χ1v) is 10.4.